The zero-order valence-corrected chi connectivity index (χ0v) is 14.2. The first kappa shape index (κ1) is 17.4. The van der Waals surface area contributed by atoms with Crippen molar-refractivity contribution < 1.29 is 14.4 Å². The van der Waals surface area contributed by atoms with Crippen LogP contribution in [0.4, 0.5) is 5.69 Å². The van der Waals surface area contributed by atoms with E-state index in [1.54, 1.807) is 30.3 Å². The number of methoxy groups -OCH3 is 1. The number of nitro benzene ring substituents is 1. The molecule has 26 heavy (non-hydrogen) atoms. The number of hydrogen-bond donors (Lipinski definition) is 0. The summed E-state index contributed by atoms with van der Waals surface area (Å²) in [4.78, 5) is 14.6. The molecule has 0 unspecified atom stereocenters. The summed E-state index contributed by atoms with van der Waals surface area (Å²) in [6, 6.07) is 13.7. The Balaban J connectivity index is 1.52. The molecule has 8 nitrogen and oxygen atoms in total. The molecule has 3 aromatic rings. The van der Waals surface area contributed by atoms with Gasteiger partial charge in [-0.2, -0.15) is 5.10 Å². The Kier molecular flexibility index (Phi) is 5.43. The molecule has 0 aliphatic rings. The normalized spacial score (nSPS) is 10.5. The van der Waals surface area contributed by atoms with Gasteiger partial charge >= 0.3 is 0 Å². The number of rotatable bonds is 8. The molecule has 0 spiro atoms. The minimum atomic E-state index is -0.434. The lowest BCUT2D eigenvalue weighted by atomic mass is 10.2. The van der Waals surface area contributed by atoms with Crippen LogP contribution in [0.25, 0.3) is 11.4 Å². The number of aryl methyl sites for hydroxylation is 1. The van der Waals surface area contributed by atoms with Crippen LogP contribution < -0.4 is 9.47 Å². The smallest absolute Gasteiger partial charge is 0.270 e. The van der Waals surface area contributed by atoms with E-state index < -0.39 is 4.92 Å². The minimum Gasteiger partial charge on any atom is -0.497 e. The topological polar surface area (TPSA) is 92.3 Å². The highest BCUT2D eigenvalue weighted by atomic mass is 16.6. The molecular weight excluding hydrogens is 336 g/mol. The average Bonchev–Trinajstić information content (AvgIpc) is 3.15. The average molecular weight is 354 g/mol. The molecule has 0 aliphatic heterocycles. The predicted molar refractivity (Wildman–Crippen MR) is 95.2 cm³/mol. The first-order chi connectivity index (χ1) is 12.7. The Labute approximate surface area is 150 Å². The molecule has 1 heterocycles. The molecule has 0 bridgehead atoms. The number of benzene rings is 2. The van der Waals surface area contributed by atoms with E-state index in [1.165, 1.54) is 12.1 Å². The van der Waals surface area contributed by atoms with Crippen molar-refractivity contribution in [1.29, 1.82) is 0 Å². The van der Waals surface area contributed by atoms with Crippen LogP contribution in [0.3, 0.4) is 0 Å². The van der Waals surface area contributed by atoms with E-state index >= 15 is 0 Å². The van der Waals surface area contributed by atoms with Gasteiger partial charge in [0.2, 0.25) is 0 Å². The van der Waals surface area contributed by atoms with Gasteiger partial charge in [-0.1, -0.05) is 12.1 Å². The maximum absolute atomic E-state index is 10.9. The highest BCUT2D eigenvalue weighted by Gasteiger charge is 2.10. The Morgan fingerprint density at radius 2 is 1.92 bits per heavy atom. The third-order valence-corrected chi connectivity index (χ3v) is 3.71. The van der Waals surface area contributed by atoms with Gasteiger partial charge in [0, 0.05) is 30.7 Å². The standard InChI is InChI=1S/C18H18N4O4/c1-25-16-6-8-17(9-7-16)26-11-3-10-21-13-19-18(20-21)14-4-2-5-15(12-14)22(23)24/h2,4-9,12-13H,3,10-11H2,1H3. The van der Waals surface area contributed by atoms with Crippen molar-refractivity contribution in [3.05, 3.63) is 65.0 Å². The number of nitro groups is 1. The SMILES string of the molecule is COc1ccc(OCCCn2cnc(-c3cccc([N+](=O)[O-])c3)n2)cc1. The predicted octanol–water partition coefficient (Wildman–Crippen LogP) is 3.33. The zero-order valence-electron chi connectivity index (χ0n) is 14.2. The third kappa shape index (κ3) is 4.35. The largest absolute Gasteiger partial charge is 0.497 e. The van der Waals surface area contributed by atoms with Crippen molar-refractivity contribution in [3.8, 4) is 22.9 Å². The van der Waals surface area contributed by atoms with Gasteiger partial charge in [0.15, 0.2) is 5.82 Å². The zero-order chi connectivity index (χ0) is 18.4. The number of aromatic nitrogens is 3. The summed E-state index contributed by atoms with van der Waals surface area (Å²) >= 11 is 0. The van der Waals surface area contributed by atoms with Crippen LogP contribution in [0.1, 0.15) is 6.42 Å². The number of non-ortho nitro benzene ring substituents is 1. The minimum absolute atomic E-state index is 0.0201. The maximum Gasteiger partial charge on any atom is 0.270 e. The van der Waals surface area contributed by atoms with E-state index in [1.807, 2.05) is 24.3 Å². The second-order valence-corrected chi connectivity index (χ2v) is 5.52. The van der Waals surface area contributed by atoms with Crippen molar-refractivity contribution in [1.82, 2.24) is 14.8 Å². The van der Waals surface area contributed by atoms with E-state index in [9.17, 15) is 10.1 Å². The number of hydrogen-bond acceptors (Lipinski definition) is 6. The lowest BCUT2D eigenvalue weighted by molar-refractivity contribution is -0.384. The van der Waals surface area contributed by atoms with Crippen molar-refractivity contribution >= 4 is 5.69 Å². The molecular formula is C18H18N4O4. The van der Waals surface area contributed by atoms with E-state index in [2.05, 4.69) is 10.1 Å². The number of ether oxygens (including phenoxy) is 2. The van der Waals surface area contributed by atoms with Crippen molar-refractivity contribution in [3.63, 3.8) is 0 Å². The van der Waals surface area contributed by atoms with Gasteiger partial charge in [-0.15, -0.1) is 0 Å². The van der Waals surface area contributed by atoms with E-state index in [0.29, 0.717) is 24.5 Å². The van der Waals surface area contributed by atoms with Crippen LogP contribution in [0.5, 0.6) is 11.5 Å². The molecule has 3 rings (SSSR count). The lowest BCUT2D eigenvalue weighted by Gasteiger charge is -2.07. The molecule has 1 aromatic heterocycles. The summed E-state index contributed by atoms with van der Waals surface area (Å²) in [5.41, 5.74) is 0.638. The second kappa shape index (κ2) is 8.11. The molecule has 0 atom stereocenters. The fourth-order valence-electron chi connectivity index (χ4n) is 2.38. The van der Waals surface area contributed by atoms with Crippen LogP contribution in [0, 0.1) is 10.1 Å². The van der Waals surface area contributed by atoms with Gasteiger partial charge < -0.3 is 9.47 Å². The molecule has 0 saturated heterocycles. The monoisotopic (exact) mass is 354 g/mol. The molecule has 0 radical (unpaired) electrons. The summed E-state index contributed by atoms with van der Waals surface area (Å²) in [6.45, 7) is 1.18. The first-order valence-electron chi connectivity index (χ1n) is 8.07. The molecule has 8 heteroatoms. The van der Waals surface area contributed by atoms with E-state index in [0.717, 1.165) is 17.9 Å². The molecule has 2 aromatic carbocycles. The van der Waals surface area contributed by atoms with Crippen LogP contribution in [0.15, 0.2) is 54.9 Å². The fourth-order valence-corrected chi connectivity index (χ4v) is 2.38. The molecule has 0 aliphatic carbocycles. The van der Waals surface area contributed by atoms with Gasteiger partial charge in [-0.25, -0.2) is 4.98 Å². The Hall–Kier alpha value is -3.42. The molecule has 0 amide bonds. The van der Waals surface area contributed by atoms with Gasteiger partial charge in [-0.3, -0.25) is 14.8 Å². The highest BCUT2D eigenvalue weighted by molar-refractivity contribution is 5.58. The van der Waals surface area contributed by atoms with Crippen LogP contribution in [0.2, 0.25) is 0 Å². The van der Waals surface area contributed by atoms with Gasteiger partial charge in [-0.05, 0) is 24.3 Å². The Morgan fingerprint density at radius 1 is 1.15 bits per heavy atom. The van der Waals surface area contributed by atoms with Crippen LogP contribution in [-0.2, 0) is 6.54 Å². The van der Waals surface area contributed by atoms with Crippen molar-refractivity contribution in [2.75, 3.05) is 13.7 Å². The molecule has 134 valence electrons. The first-order valence-corrected chi connectivity index (χ1v) is 8.07. The van der Waals surface area contributed by atoms with E-state index in [4.69, 9.17) is 9.47 Å². The van der Waals surface area contributed by atoms with Gasteiger partial charge in [0.1, 0.15) is 17.8 Å². The summed E-state index contributed by atoms with van der Waals surface area (Å²) in [5.74, 6) is 2.03. The second-order valence-electron chi connectivity index (χ2n) is 5.52. The summed E-state index contributed by atoms with van der Waals surface area (Å²) in [6.07, 6.45) is 2.37. The Bertz CT molecular complexity index is 877. The van der Waals surface area contributed by atoms with Gasteiger partial charge in [0.25, 0.3) is 5.69 Å². The third-order valence-electron chi connectivity index (χ3n) is 3.71. The van der Waals surface area contributed by atoms with Crippen molar-refractivity contribution in [2.45, 2.75) is 13.0 Å². The summed E-state index contributed by atoms with van der Waals surface area (Å²) in [5, 5.41) is 15.2. The summed E-state index contributed by atoms with van der Waals surface area (Å²) < 4.78 is 12.5. The van der Waals surface area contributed by atoms with Crippen LogP contribution in [-0.4, -0.2) is 33.4 Å². The van der Waals surface area contributed by atoms with Crippen molar-refractivity contribution in [2.24, 2.45) is 0 Å². The number of nitrogens with zero attached hydrogens (tertiary/aromatic N) is 4. The lowest BCUT2D eigenvalue weighted by Crippen LogP contribution is -2.05. The highest BCUT2D eigenvalue weighted by Crippen LogP contribution is 2.20. The van der Waals surface area contributed by atoms with E-state index in [-0.39, 0.29) is 5.69 Å². The van der Waals surface area contributed by atoms with Crippen LogP contribution >= 0.6 is 0 Å². The Morgan fingerprint density at radius 3 is 2.65 bits per heavy atom. The summed E-state index contributed by atoms with van der Waals surface area (Å²) in [7, 11) is 1.62. The maximum atomic E-state index is 10.9. The molecule has 0 N–H and O–H groups in total. The molecule has 0 fully saturated rings. The fraction of sp³-hybridized carbons (Fsp3) is 0.222. The van der Waals surface area contributed by atoms with Gasteiger partial charge in [0.05, 0.1) is 18.6 Å². The quantitative estimate of drug-likeness (QED) is 0.350. The molecule has 0 saturated carbocycles.